The predicted molar refractivity (Wildman–Crippen MR) is 147 cm³/mol. The van der Waals surface area contributed by atoms with Crippen molar-refractivity contribution in [3.05, 3.63) is 106 Å². The molecule has 0 saturated carbocycles. The number of carbonyl (C=O) groups excluding carboxylic acids is 1. The van der Waals surface area contributed by atoms with Gasteiger partial charge < -0.3 is 15.0 Å². The van der Waals surface area contributed by atoms with Crippen molar-refractivity contribution >= 4 is 6.09 Å². The number of hydrogen-bond donors (Lipinski definition) is 1. The fraction of sp³-hybridized carbons (Fsp3) is 0.387. The van der Waals surface area contributed by atoms with Crippen LogP contribution >= 0.6 is 0 Å². The van der Waals surface area contributed by atoms with Gasteiger partial charge in [-0.05, 0) is 65.0 Å². The van der Waals surface area contributed by atoms with Crippen LogP contribution in [0.15, 0.2) is 66.7 Å². The Morgan fingerprint density at radius 3 is 2.21 bits per heavy atom. The molecule has 5 rings (SSSR count). The zero-order chi connectivity index (χ0) is 27.2. The first-order chi connectivity index (χ1) is 19.0. The number of fused-ring (bicyclic) bond motifs is 1. The lowest BCUT2D eigenvalue weighted by Crippen LogP contribution is -2.48. The summed E-state index contributed by atoms with van der Waals surface area (Å²) in [7, 11) is 1.77. The lowest BCUT2D eigenvalue weighted by atomic mass is 9.96. The Morgan fingerprint density at radius 1 is 0.923 bits per heavy atom. The third kappa shape index (κ3) is 7.01. The second kappa shape index (κ2) is 12.7. The SMILES string of the molecule is CN(Cc1ccc2c(c1)CCNC2)C(=O)OCCN1CCN(C(c2ccc(F)cc2)c2ccc(F)cc2)CC1. The summed E-state index contributed by atoms with van der Waals surface area (Å²) in [6, 6.07) is 19.4. The zero-order valence-corrected chi connectivity index (χ0v) is 22.4. The summed E-state index contributed by atoms with van der Waals surface area (Å²) in [5.41, 5.74) is 5.75. The molecule has 0 atom stereocenters. The minimum Gasteiger partial charge on any atom is -0.448 e. The maximum Gasteiger partial charge on any atom is 0.409 e. The first-order valence-corrected chi connectivity index (χ1v) is 13.6. The second-order valence-corrected chi connectivity index (χ2v) is 10.4. The Bertz CT molecular complexity index is 1200. The molecule has 0 spiro atoms. The molecule has 8 heteroatoms. The molecular weight excluding hydrogens is 498 g/mol. The second-order valence-electron chi connectivity index (χ2n) is 10.4. The van der Waals surface area contributed by atoms with Crippen LogP contribution in [0.25, 0.3) is 0 Å². The van der Waals surface area contributed by atoms with Crippen LogP contribution < -0.4 is 5.32 Å². The van der Waals surface area contributed by atoms with Crippen LogP contribution in [0, 0.1) is 11.6 Å². The Labute approximate surface area is 229 Å². The van der Waals surface area contributed by atoms with Gasteiger partial charge in [-0.15, -0.1) is 0 Å². The molecule has 206 valence electrons. The van der Waals surface area contributed by atoms with E-state index in [0.29, 0.717) is 19.7 Å². The highest BCUT2D eigenvalue weighted by molar-refractivity contribution is 5.67. The van der Waals surface area contributed by atoms with Crippen LogP contribution in [0.3, 0.4) is 0 Å². The average Bonchev–Trinajstić information content (AvgIpc) is 2.96. The predicted octanol–water partition coefficient (Wildman–Crippen LogP) is 4.59. The highest BCUT2D eigenvalue weighted by atomic mass is 19.1. The molecule has 6 nitrogen and oxygen atoms in total. The van der Waals surface area contributed by atoms with Crippen molar-refractivity contribution in [3.8, 4) is 0 Å². The van der Waals surface area contributed by atoms with E-state index in [9.17, 15) is 13.6 Å². The first kappa shape index (κ1) is 27.2. The van der Waals surface area contributed by atoms with E-state index < -0.39 is 0 Å². The summed E-state index contributed by atoms with van der Waals surface area (Å²) in [4.78, 5) is 18.8. The van der Waals surface area contributed by atoms with Crippen molar-refractivity contribution in [3.63, 3.8) is 0 Å². The van der Waals surface area contributed by atoms with E-state index >= 15 is 0 Å². The smallest absolute Gasteiger partial charge is 0.409 e. The van der Waals surface area contributed by atoms with Crippen LogP contribution in [-0.2, 0) is 24.2 Å². The number of hydrogen-bond acceptors (Lipinski definition) is 5. The Balaban J connectivity index is 1.10. The van der Waals surface area contributed by atoms with Crippen molar-refractivity contribution in [2.45, 2.75) is 25.6 Å². The van der Waals surface area contributed by atoms with E-state index in [1.165, 1.54) is 35.4 Å². The molecule has 0 aliphatic carbocycles. The lowest BCUT2D eigenvalue weighted by molar-refractivity contribution is 0.0713. The van der Waals surface area contributed by atoms with Crippen LogP contribution in [0.2, 0.25) is 0 Å². The van der Waals surface area contributed by atoms with E-state index in [1.54, 1.807) is 36.2 Å². The van der Waals surface area contributed by atoms with E-state index in [0.717, 1.165) is 62.4 Å². The molecule has 0 unspecified atom stereocenters. The standard InChI is InChI=1S/C31H36F2N4O2/c1-35(22-23-2-3-27-21-34-13-12-26(27)20-23)31(38)39-19-18-36-14-16-37(17-15-36)30(24-4-8-28(32)9-5-24)25-6-10-29(33)11-7-25/h2-11,20,30,34H,12-19,21-22H2,1H3. The molecule has 1 saturated heterocycles. The van der Waals surface area contributed by atoms with Gasteiger partial charge in [0, 0.05) is 52.9 Å². The largest absolute Gasteiger partial charge is 0.448 e. The number of benzene rings is 3. The first-order valence-electron chi connectivity index (χ1n) is 13.6. The number of piperazine rings is 1. The van der Waals surface area contributed by atoms with Gasteiger partial charge in [0.1, 0.15) is 18.2 Å². The molecule has 2 heterocycles. The van der Waals surface area contributed by atoms with Crippen LogP contribution in [0.1, 0.15) is 33.9 Å². The molecule has 2 aliphatic rings. The molecule has 1 N–H and O–H groups in total. The molecule has 1 amide bonds. The minimum atomic E-state index is -0.319. The van der Waals surface area contributed by atoms with Gasteiger partial charge in [-0.1, -0.05) is 42.5 Å². The topological polar surface area (TPSA) is 48.1 Å². The van der Waals surface area contributed by atoms with Crippen molar-refractivity contribution in [2.75, 3.05) is 52.9 Å². The Morgan fingerprint density at radius 2 is 1.56 bits per heavy atom. The van der Waals surface area contributed by atoms with Gasteiger partial charge in [0.15, 0.2) is 0 Å². The number of rotatable bonds is 8. The molecule has 0 bridgehead atoms. The maximum atomic E-state index is 13.6. The van der Waals surface area contributed by atoms with Crippen LogP contribution in [0.4, 0.5) is 13.6 Å². The van der Waals surface area contributed by atoms with Crippen molar-refractivity contribution in [2.24, 2.45) is 0 Å². The van der Waals surface area contributed by atoms with Gasteiger partial charge in [0.05, 0.1) is 6.04 Å². The summed E-state index contributed by atoms with van der Waals surface area (Å²) in [6.45, 7) is 6.62. The zero-order valence-electron chi connectivity index (χ0n) is 22.4. The number of amides is 1. The van der Waals surface area contributed by atoms with E-state index in [1.807, 2.05) is 0 Å². The number of nitrogens with one attached hydrogen (secondary N) is 1. The highest BCUT2D eigenvalue weighted by Crippen LogP contribution is 2.30. The minimum absolute atomic E-state index is 0.0836. The van der Waals surface area contributed by atoms with E-state index in [2.05, 4.69) is 33.3 Å². The Kier molecular flexibility index (Phi) is 8.86. The van der Waals surface area contributed by atoms with Crippen LogP contribution in [0.5, 0.6) is 0 Å². The maximum absolute atomic E-state index is 13.6. The Hall–Kier alpha value is -3.33. The molecule has 0 radical (unpaired) electrons. The number of ether oxygens (including phenoxy) is 1. The van der Waals surface area contributed by atoms with Gasteiger partial charge in [-0.25, -0.2) is 13.6 Å². The lowest BCUT2D eigenvalue weighted by Gasteiger charge is -2.39. The monoisotopic (exact) mass is 534 g/mol. The summed E-state index contributed by atoms with van der Waals surface area (Å²) in [5.74, 6) is -0.552. The van der Waals surface area contributed by atoms with Gasteiger partial charge in [-0.3, -0.25) is 9.80 Å². The van der Waals surface area contributed by atoms with Gasteiger partial charge in [0.2, 0.25) is 0 Å². The average molecular weight is 535 g/mol. The number of carbonyl (C=O) groups is 1. The fourth-order valence-electron chi connectivity index (χ4n) is 5.49. The molecule has 3 aromatic carbocycles. The van der Waals surface area contributed by atoms with Crippen molar-refractivity contribution < 1.29 is 18.3 Å². The fourth-order valence-corrected chi connectivity index (χ4v) is 5.49. The third-order valence-corrected chi connectivity index (χ3v) is 7.67. The normalized spacial score (nSPS) is 16.2. The summed E-state index contributed by atoms with van der Waals surface area (Å²) >= 11 is 0. The van der Waals surface area contributed by atoms with Crippen LogP contribution in [-0.4, -0.2) is 73.7 Å². The molecular formula is C31H36F2N4O2. The third-order valence-electron chi connectivity index (χ3n) is 7.67. The molecule has 0 aromatic heterocycles. The van der Waals surface area contributed by atoms with E-state index in [-0.39, 0.29) is 23.8 Å². The molecule has 1 fully saturated rings. The summed E-state index contributed by atoms with van der Waals surface area (Å²) < 4.78 is 32.7. The molecule has 39 heavy (non-hydrogen) atoms. The van der Waals surface area contributed by atoms with Crippen molar-refractivity contribution in [1.82, 2.24) is 20.0 Å². The molecule has 2 aliphatic heterocycles. The number of nitrogens with zero attached hydrogens (tertiary/aromatic N) is 3. The van der Waals surface area contributed by atoms with Gasteiger partial charge in [-0.2, -0.15) is 0 Å². The van der Waals surface area contributed by atoms with Gasteiger partial charge in [0.25, 0.3) is 0 Å². The van der Waals surface area contributed by atoms with Gasteiger partial charge >= 0.3 is 6.09 Å². The quantitative estimate of drug-likeness (QED) is 0.458. The molecule has 3 aromatic rings. The van der Waals surface area contributed by atoms with Crippen molar-refractivity contribution in [1.29, 1.82) is 0 Å². The summed E-state index contributed by atoms with van der Waals surface area (Å²) in [5, 5.41) is 3.38. The summed E-state index contributed by atoms with van der Waals surface area (Å²) in [6.07, 6.45) is 0.694. The number of halogens is 2. The van der Waals surface area contributed by atoms with E-state index in [4.69, 9.17) is 4.74 Å². The highest BCUT2D eigenvalue weighted by Gasteiger charge is 2.27.